The number of hydrogen-bond donors (Lipinski definition) is 24. The van der Waals surface area contributed by atoms with E-state index in [1.54, 1.807) is 39.8 Å². The summed E-state index contributed by atoms with van der Waals surface area (Å²) in [5.41, 5.74) is 8.85. The number of aliphatic hydroxyl groups excluding tert-OH is 6. The number of esters is 1. The largest absolute Gasteiger partial charge is 0.508 e. The number of halogens is 3. The Balaban J connectivity index is 0.942. The van der Waals surface area contributed by atoms with E-state index < -0.39 is 323 Å². The van der Waals surface area contributed by atoms with Gasteiger partial charge in [-0.05, 0) is 177 Å². The van der Waals surface area contributed by atoms with Crippen molar-refractivity contribution < 1.29 is 160 Å². The quantitative estimate of drug-likeness (QED) is 0.0255. The second-order valence-corrected chi connectivity index (χ2v) is 42.4. The molecule has 0 aromatic heterocycles. The van der Waals surface area contributed by atoms with Crippen LogP contribution in [0.3, 0.4) is 0 Å². The molecule has 145 heavy (non-hydrogen) atoms. The van der Waals surface area contributed by atoms with E-state index in [9.17, 15) is 89.0 Å². The fraction of sp³-hybridized carbons (Fsp3) is 0.406. The molecule has 8 aromatic carbocycles. The molecule has 11 bridgehead atoms. The van der Waals surface area contributed by atoms with Gasteiger partial charge in [-0.15, -0.1) is 0 Å². The van der Waals surface area contributed by atoms with E-state index >= 15 is 28.8 Å². The molecule has 0 aliphatic carbocycles. The molecule has 778 valence electrons. The molecule has 8 aliphatic rings. The number of aromatic hydroxyl groups is 3. The number of carbonyl (C=O) groups is 9. The van der Waals surface area contributed by atoms with Gasteiger partial charge in [0, 0.05) is 63.9 Å². The van der Waals surface area contributed by atoms with E-state index in [1.165, 1.54) is 51.2 Å². The van der Waals surface area contributed by atoms with Gasteiger partial charge in [0.25, 0.3) is 5.91 Å². The molecule has 0 unspecified atom stereocenters. The number of rotatable bonds is 26. The van der Waals surface area contributed by atoms with Crippen LogP contribution in [0.4, 0.5) is 5.69 Å². The van der Waals surface area contributed by atoms with Crippen molar-refractivity contribution in [1.29, 1.82) is 0 Å². The number of nitrogens with one attached hydrogen (secondary N) is 9. The van der Waals surface area contributed by atoms with Crippen LogP contribution >= 0.6 is 50.0 Å². The Morgan fingerprint density at radius 2 is 1.19 bits per heavy atom. The highest BCUT2D eigenvalue weighted by Gasteiger charge is 2.54. The van der Waals surface area contributed by atoms with Gasteiger partial charge in [-0.1, -0.05) is 115 Å². The lowest BCUT2D eigenvalue weighted by atomic mass is 9.84. The van der Waals surface area contributed by atoms with Crippen LogP contribution in [-0.4, -0.2) is 247 Å². The Labute approximate surface area is 843 Å². The minimum absolute atomic E-state index is 0.0118. The van der Waals surface area contributed by atoms with Crippen LogP contribution in [0.5, 0.6) is 46.0 Å². The first kappa shape index (κ1) is 109. The van der Waals surface area contributed by atoms with Crippen LogP contribution in [0.1, 0.15) is 137 Å². The fourth-order valence-electron chi connectivity index (χ4n) is 17.9. The first-order chi connectivity index (χ1) is 68.3. The molecule has 44 nitrogen and oxygen atoms in total. The lowest BCUT2D eigenvalue weighted by Gasteiger charge is -2.48. The monoisotopic (exact) mass is 2110 g/mol. The van der Waals surface area contributed by atoms with Gasteiger partial charge in [-0.2, -0.15) is 0 Å². The standard InChI is InChI=1S/C96H110Cl3N11O33P2/c1-41(2)26-59(102-7)87(122)109-77-79(117)49-17-24-63(57(98)29-49)138-65-31-51-32-66(83(65)143-94-84(81(119)80(118)67(39-111)140-94)142-71-37-96(6,86(121)43(4)137-71)103-38-45-8-12-46(13-9-45)47-14-19-52(97)20-15-47)139-64-25-18-50(30-58(64)99)82(141-70-36-95(5,101)85(120)42(3)136-70)78-92(127)108-76(93(128)135-40-69(116)104-53-21-10-44(11-22-53)27-72(144(129,130)131)145(132,133)134)56-33-54(112)34-62(114)73(56)55-28-48(16-23-61(55)113)74(89(124)110-78)107-90(125)75(51)106-88(123)60(35-68(100)115)105-91(77)126/h8-25,28-34,41-43,59-60,67,70-72,74-82,84-86,94,102-103,111-114,117-121H,26-27,35-40,101H2,1-7H3,(H2,100,115)(H,104,116)(H,105,126)(H,106,123)(H,107,125)(H,108,127)(H,109,122)(H,110,124)(H2,129,130,131)(H2,132,133,134)/t42-,43-,59+,60-,67+,70-,71-,74+,75+,76-,77+,78-,79+,80+,81-,82+,84+,85-,86-,94-,95-,96-/m0/s1. The SMILES string of the molecule is CN[C@H](CC(C)C)C(=O)N[C@H]1C(=O)N[C@@H](CC(N)=O)C(=O)N[C@H]2C(=O)N[C@H]3C(=O)N[C@H](C(=O)N[C@H](C(=O)OCC(=O)Nc4ccc(CC(P(=O)(O)O)P(=O)(O)O)cc4)c4cc(O)cc(O)c4-c4cc3ccc4O)[C@H](O[C@H]3C[C@](C)(N)[C@@H](O)[C@H](C)O3)c3ccc(c(Cl)c3)Oc3cc2cc(c3O[C@@H]2O[C@H](CO)[C@@H](O)[C@H](O)[C@H]2O[C@H]2C[C@](C)(NCc3ccc(-c4ccc(Cl)cc4)cc3)[C@@H](O)[C@H](C)O2)Oc2ccc(cc2Cl)[C@H]1O. The molecule has 3 fully saturated rings. The van der Waals surface area contributed by atoms with Crippen LogP contribution in [0, 0.1) is 5.92 Å². The summed E-state index contributed by atoms with van der Waals surface area (Å²) in [4.78, 5) is 177. The van der Waals surface area contributed by atoms with Gasteiger partial charge >= 0.3 is 21.2 Å². The van der Waals surface area contributed by atoms with Gasteiger partial charge in [-0.25, -0.2) is 4.79 Å². The van der Waals surface area contributed by atoms with Crippen molar-refractivity contribution >= 4 is 109 Å². The second kappa shape index (κ2) is 45.0. The number of carbonyl (C=O) groups excluding carboxylic acids is 9. The summed E-state index contributed by atoms with van der Waals surface area (Å²) >= 11 is 21.0. The lowest BCUT2D eigenvalue weighted by Crippen LogP contribution is -2.65. The molecule has 49 heteroatoms. The second-order valence-electron chi connectivity index (χ2n) is 37.1. The van der Waals surface area contributed by atoms with Crippen molar-refractivity contribution in [2.45, 2.75) is 219 Å². The van der Waals surface area contributed by atoms with E-state index in [4.69, 9.17) is 88.9 Å². The maximum absolute atomic E-state index is 16.8. The first-order valence-electron chi connectivity index (χ1n) is 45.7. The van der Waals surface area contributed by atoms with Gasteiger partial charge < -0.3 is 167 Å². The molecule has 22 atom stereocenters. The number of hydrogen-bond acceptors (Lipinski definition) is 32. The molecule has 16 rings (SSSR count). The third-order valence-electron chi connectivity index (χ3n) is 25.7. The fourth-order valence-corrected chi connectivity index (χ4v) is 21.0. The van der Waals surface area contributed by atoms with Gasteiger partial charge in [0.2, 0.25) is 53.4 Å². The predicted molar refractivity (Wildman–Crippen MR) is 515 cm³/mol. The first-order valence-corrected chi connectivity index (χ1v) is 50.2. The van der Waals surface area contributed by atoms with E-state index in [-0.39, 0.29) is 47.7 Å². The zero-order chi connectivity index (χ0) is 105. The van der Waals surface area contributed by atoms with Crippen molar-refractivity contribution in [2.75, 3.05) is 25.6 Å². The number of ether oxygens (including phenoxy) is 9. The number of phenolic OH excluding ortho intramolecular Hbond substituents is 3. The van der Waals surface area contributed by atoms with E-state index in [0.29, 0.717) is 5.02 Å². The molecule has 0 spiro atoms. The van der Waals surface area contributed by atoms with Crippen molar-refractivity contribution in [3.05, 3.63) is 206 Å². The molecule has 8 aromatic rings. The number of nitrogens with two attached hydrogens (primary N) is 2. The third-order valence-corrected chi connectivity index (χ3v) is 30.3. The molecule has 0 radical (unpaired) electrons. The topological polar surface area (TPSA) is 694 Å². The highest BCUT2D eigenvalue weighted by atomic mass is 35.5. The number of aliphatic hydroxyl groups is 6. The maximum atomic E-state index is 16.8. The highest BCUT2D eigenvalue weighted by molar-refractivity contribution is 7.70. The summed E-state index contributed by atoms with van der Waals surface area (Å²) in [5.74, 6) is -18.1. The van der Waals surface area contributed by atoms with Crippen molar-refractivity contribution in [3.8, 4) is 68.2 Å². The summed E-state index contributed by atoms with van der Waals surface area (Å²) in [6.07, 6.45) is -24.8. The Morgan fingerprint density at radius 3 is 1.79 bits per heavy atom. The predicted octanol–water partition coefficient (Wildman–Crippen LogP) is 4.82. The number of anilines is 1. The van der Waals surface area contributed by atoms with E-state index in [2.05, 4.69) is 47.9 Å². The van der Waals surface area contributed by atoms with Gasteiger partial charge in [0.1, 0.15) is 89.5 Å². The van der Waals surface area contributed by atoms with E-state index in [1.807, 2.05) is 36.4 Å². The number of fused-ring (bicyclic) bond motifs is 15. The third kappa shape index (κ3) is 25.3. The normalized spacial score (nSPS) is 27.5. The van der Waals surface area contributed by atoms with Crippen molar-refractivity contribution in [2.24, 2.45) is 17.4 Å². The molecule has 8 heterocycles. The molecular weight excluding hydrogens is 2000 g/mol. The molecule has 0 saturated carbocycles. The Hall–Kier alpha value is -11.6. The lowest BCUT2D eigenvalue weighted by molar-refractivity contribution is -0.334. The molecule has 8 amide bonds. The molecule has 26 N–H and O–H groups in total. The van der Waals surface area contributed by atoms with Crippen LogP contribution in [0.25, 0.3) is 22.3 Å². The van der Waals surface area contributed by atoms with E-state index in [0.717, 1.165) is 89.5 Å². The molecule has 8 aliphatic heterocycles. The van der Waals surface area contributed by atoms with Gasteiger partial charge in [0.15, 0.2) is 48.2 Å². The minimum atomic E-state index is -5.40. The number of likely N-dealkylation sites (N-methyl/N-ethyl adjacent to an activating group) is 1. The van der Waals surface area contributed by atoms with Crippen molar-refractivity contribution in [1.82, 2.24) is 42.5 Å². The summed E-state index contributed by atoms with van der Waals surface area (Å²) in [7, 11) is -9.34. The molecule has 3 saturated heterocycles. The number of primary amides is 1. The summed E-state index contributed by atoms with van der Waals surface area (Å²) in [5, 5.41) is 129. The van der Waals surface area contributed by atoms with Crippen LogP contribution < -0.4 is 73.5 Å². The number of amides is 8. The van der Waals surface area contributed by atoms with Crippen LogP contribution in [0.2, 0.25) is 15.1 Å². The summed E-state index contributed by atoms with van der Waals surface area (Å²) in [6, 6.07) is 17.9. The Bertz CT molecular complexity index is 6290. The van der Waals surface area contributed by atoms with Gasteiger partial charge in [-0.3, -0.25) is 47.5 Å². The Kier molecular flexibility index (Phi) is 33.9. The van der Waals surface area contributed by atoms with Crippen LogP contribution in [0.15, 0.2) is 152 Å². The smallest absolute Gasteiger partial charge is 0.341 e. The molecular formula is C96H110Cl3N11O33P2. The Morgan fingerprint density at radius 1 is 0.614 bits per heavy atom. The minimum Gasteiger partial charge on any atom is -0.508 e. The van der Waals surface area contributed by atoms with Gasteiger partial charge in [0.05, 0.1) is 53.5 Å². The summed E-state index contributed by atoms with van der Waals surface area (Å²) < 4.78 is 83.1. The maximum Gasteiger partial charge on any atom is 0.341 e. The number of benzene rings is 8. The van der Waals surface area contributed by atoms with Crippen molar-refractivity contribution in [3.63, 3.8) is 0 Å². The summed E-state index contributed by atoms with van der Waals surface area (Å²) in [6.45, 7) is 7.56. The zero-order valence-corrected chi connectivity index (χ0v) is 82.5. The number of phenols is 3. The van der Waals surface area contributed by atoms with Crippen LogP contribution in [-0.2, 0) is 93.7 Å². The highest BCUT2D eigenvalue weighted by Crippen LogP contribution is 2.61. The average molecular weight is 2110 g/mol. The zero-order valence-electron chi connectivity index (χ0n) is 78.5. The average Bonchev–Trinajstić information content (AvgIpc) is 0.767.